The summed E-state index contributed by atoms with van der Waals surface area (Å²) in [5.41, 5.74) is 10.3. The van der Waals surface area contributed by atoms with Gasteiger partial charge in [0.1, 0.15) is 0 Å². The maximum Gasteiger partial charge on any atom is 0.164 e. The first-order valence-electron chi connectivity index (χ1n) is 20.3. The summed E-state index contributed by atoms with van der Waals surface area (Å²) in [5.74, 6) is 1.97. The first-order valence-corrected chi connectivity index (χ1v) is 21.9. The van der Waals surface area contributed by atoms with Gasteiger partial charge in [-0.15, -0.1) is 22.7 Å². The summed E-state index contributed by atoms with van der Waals surface area (Å²) in [6.45, 7) is 4.51. The molecule has 0 atom stereocenters. The van der Waals surface area contributed by atoms with Crippen LogP contribution in [0.1, 0.15) is 11.1 Å². The Bertz CT molecular complexity index is 3690. The minimum Gasteiger partial charge on any atom is -0.208 e. The second-order valence-corrected chi connectivity index (χ2v) is 17.8. The highest BCUT2D eigenvalue weighted by Crippen LogP contribution is 2.43. The third-order valence-electron chi connectivity index (χ3n) is 12.2. The number of hydrogen-bond donors (Lipinski definition) is 0. The fourth-order valence-electron chi connectivity index (χ4n) is 9.01. The van der Waals surface area contributed by atoms with Crippen LogP contribution in [0, 0.1) is 13.8 Å². The highest BCUT2D eigenvalue weighted by molar-refractivity contribution is 7.26. The predicted molar refractivity (Wildman–Crippen MR) is 257 cm³/mol. The average molecular weight is 802 g/mol. The molecule has 0 bridgehead atoms. The largest absolute Gasteiger partial charge is 0.208 e. The number of thiophene rings is 2. The van der Waals surface area contributed by atoms with E-state index in [1.54, 1.807) is 11.3 Å². The zero-order valence-electron chi connectivity index (χ0n) is 32.9. The Morgan fingerprint density at radius 3 is 1.65 bits per heavy atom. The lowest BCUT2D eigenvalue weighted by Crippen LogP contribution is -2.00. The number of aromatic nitrogens is 3. The van der Waals surface area contributed by atoms with Crippen molar-refractivity contribution in [2.24, 2.45) is 0 Å². The van der Waals surface area contributed by atoms with Crippen molar-refractivity contribution in [3.8, 4) is 56.4 Å². The summed E-state index contributed by atoms with van der Waals surface area (Å²) in [5, 5.41) is 10.3. The molecule has 5 heteroatoms. The van der Waals surface area contributed by atoms with Crippen LogP contribution < -0.4 is 0 Å². The van der Waals surface area contributed by atoms with Crippen LogP contribution in [0.15, 0.2) is 176 Å². The zero-order chi connectivity index (χ0) is 39.9. The Balaban J connectivity index is 0.983. The third kappa shape index (κ3) is 5.65. The molecule has 3 nitrogen and oxygen atoms in total. The monoisotopic (exact) mass is 801 g/mol. The minimum absolute atomic E-state index is 0.649. The van der Waals surface area contributed by atoms with E-state index in [1.807, 2.05) is 29.5 Å². The van der Waals surface area contributed by atoms with Crippen LogP contribution in [0.2, 0.25) is 0 Å². The topological polar surface area (TPSA) is 38.7 Å². The van der Waals surface area contributed by atoms with E-state index in [4.69, 9.17) is 15.0 Å². The fraction of sp³-hybridized carbons (Fsp3) is 0.0364. The van der Waals surface area contributed by atoms with Crippen molar-refractivity contribution < 1.29 is 0 Å². The molecule has 0 saturated heterocycles. The first kappa shape index (κ1) is 34.9. The van der Waals surface area contributed by atoms with Gasteiger partial charge in [0.15, 0.2) is 17.5 Å². The SMILES string of the molecule is Cc1c(C)c2cc(-c3ccc4sc5cccc(-c6cccc(-c7nc(-c8ccccc8)nc(-c8ccc9c(c8)sc8ccccc89)n7)c6)c5c4c3)ccc2c2ccccc12. The summed E-state index contributed by atoms with van der Waals surface area (Å²) in [4.78, 5) is 15.4. The van der Waals surface area contributed by atoms with E-state index >= 15 is 0 Å². The van der Waals surface area contributed by atoms with Gasteiger partial charge in [0, 0.05) is 57.0 Å². The normalized spacial score (nSPS) is 11.8. The Kier molecular flexibility index (Phi) is 8.02. The Hall–Kier alpha value is -7.05. The molecule has 12 rings (SSSR count). The van der Waals surface area contributed by atoms with Crippen LogP contribution in [0.25, 0.3) is 118 Å². The van der Waals surface area contributed by atoms with Crippen molar-refractivity contribution in [1.29, 1.82) is 0 Å². The molecule has 282 valence electrons. The molecule has 0 aliphatic heterocycles. The van der Waals surface area contributed by atoms with Crippen molar-refractivity contribution in [1.82, 2.24) is 15.0 Å². The average Bonchev–Trinajstić information content (AvgIpc) is 3.88. The van der Waals surface area contributed by atoms with Gasteiger partial charge >= 0.3 is 0 Å². The Morgan fingerprint density at radius 2 is 0.817 bits per heavy atom. The summed E-state index contributed by atoms with van der Waals surface area (Å²) in [6, 6.07) is 63.5. The minimum atomic E-state index is 0.649. The lowest BCUT2D eigenvalue weighted by atomic mass is 9.90. The lowest BCUT2D eigenvalue weighted by Gasteiger charge is -2.14. The van der Waals surface area contributed by atoms with Gasteiger partial charge in [0.05, 0.1) is 0 Å². The van der Waals surface area contributed by atoms with Crippen LogP contribution in [0.3, 0.4) is 0 Å². The molecular weight excluding hydrogens is 767 g/mol. The molecule has 0 aliphatic carbocycles. The maximum absolute atomic E-state index is 5.18. The molecular formula is C55H35N3S2. The van der Waals surface area contributed by atoms with E-state index in [0.29, 0.717) is 17.5 Å². The smallest absolute Gasteiger partial charge is 0.164 e. The Labute approximate surface area is 354 Å². The molecule has 12 aromatic rings. The number of hydrogen-bond acceptors (Lipinski definition) is 5. The van der Waals surface area contributed by atoms with Gasteiger partial charge < -0.3 is 0 Å². The molecule has 0 aliphatic rings. The number of fused-ring (bicyclic) bond motifs is 9. The predicted octanol–water partition coefficient (Wildman–Crippen LogP) is 15.9. The van der Waals surface area contributed by atoms with E-state index in [0.717, 1.165) is 22.3 Å². The number of rotatable bonds is 5. The fourth-order valence-corrected chi connectivity index (χ4v) is 11.3. The van der Waals surface area contributed by atoms with Gasteiger partial charge in [0.25, 0.3) is 0 Å². The quantitative estimate of drug-likeness (QED) is 0.163. The summed E-state index contributed by atoms with van der Waals surface area (Å²) in [6.07, 6.45) is 0. The molecule has 0 unspecified atom stereocenters. The van der Waals surface area contributed by atoms with Crippen molar-refractivity contribution in [2.45, 2.75) is 13.8 Å². The summed E-state index contributed by atoms with van der Waals surface area (Å²) >= 11 is 3.66. The molecule has 9 aromatic carbocycles. The molecule has 0 N–H and O–H groups in total. The van der Waals surface area contributed by atoms with E-state index in [2.05, 4.69) is 172 Å². The number of aryl methyl sites for hydroxylation is 2. The summed E-state index contributed by atoms with van der Waals surface area (Å²) in [7, 11) is 0. The summed E-state index contributed by atoms with van der Waals surface area (Å²) < 4.78 is 5.05. The first-order chi connectivity index (χ1) is 29.5. The van der Waals surface area contributed by atoms with Gasteiger partial charge in [-0.3, -0.25) is 0 Å². The number of nitrogens with zero attached hydrogens (tertiary/aromatic N) is 3. The van der Waals surface area contributed by atoms with Crippen molar-refractivity contribution in [3.05, 3.63) is 187 Å². The molecule has 0 saturated carbocycles. The van der Waals surface area contributed by atoms with Gasteiger partial charge in [-0.25, -0.2) is 15.0 Å². The van der Waals surface area contributed by atoms with Crippen molar-refractivity contribution >= 4 is 84.6 Å². The van der Waals surface area contributed by atoms with Gasteiger partial charge in [-0.05, 0) is 111 Å². The molecule has 0 amide bonds. The molecule has 60 heavy (non-hydrogen) atoms. The Morgan fingerprint density at radius 1 is 0.300 bits per heavy atom. The van der Waals surface area contributed by atoms with E-state index in [1.165, 1.54) is 89.7 Å². The standard InChI is InChI=1S/C55H35N3S2/c1-32-33(2)46-29-35(22-25-43(46)42-17-7-6-16-40(32)42)36-24-27-49-47(30-36)52-41(19-11-21-50(52)59-49)37-14-10-15-38(28-37)54-56-53(34-12-4-3-5-13-34)57-55(58-54)39-23-26-45-44-18-8-9-20-48(44)60-51(45)31-39/h3-31H,1-2H3. The third-order valence-corrected chi connectivity index (χ3v) is 14.4. The van der Waals surface area contributed by atoms with Crippen LogP contribution in [-0.4, -0.2) is 15.0 Å². The highest BCUT2D eigenvalue weighted by Gasteiger charge is 2.17. The van der Waals surface area contributed by atoms with Crippen LogP contribution in [0.5, 0.6) is 0 Å². The second-order valence-electron chi connectivity index (χ2n) is 15.6. The zero-order valence-corrected chi connectivity index (χ0v) is 34.5. The van der Waals surface area contributed by atoms with Gasteiger partial charge in [0.2, 0.25) is 0 Å². The van der Waals surface area contributed by atoms with Crippen LogP contribution >= 0.6 is 22.7 Å². The van der Waals surface area contributed by atoms with Crippen LogP contribution in [-0.2, 0) is 0 Å². The molecule has 3 aromatic heterocycles. The molecule has 0 radical (unpaired) electrons. The maximum atomic E-state index is 5.18. The van der Waals surface area contributed by atoms with Crippen LogP contribution in [0.4, 0.5) is 0 Å². The van der Waals surface area contributed by atoms with Gasteiger partial charge in [-0.1, -0.05) is 133 Å². The highest BCUT2D eigenvalue weighted by atomic mass is 32.1. The molecule has 0 spiro atoms. The van der Waals surface area contributed by atoms with E-state index in [9.17, 15) is 0 Å². The number of benzene rings is 9. The second kappa shape index (κ2) is 13.8. The van der Waals surface area contributed by atoms with Crippen molar-refractivity contribution in [2.75, 3.05) is 0 Å². The van der Waals surface area contributed by atoms with E-state index < -0.39 is 0 Å². The van der Waals surface area contributed by atoms with Crippen molar-refractivity contribution in [3.63, 3.8) is 0 Å². The van der Waals surface area contributed by atoms with E-state index in [-0.39, 0.29) is 0 Å². The molecule has 0 fully saturated rings. The van der Waals surface area contributed by atoms with Gasteiger partial charge in [-0.2, -0.15) is 0 Å². The lowest BCUT2D eigenvalue weighted by molar-refractivity contribution is 1.07. The molecule has 3 heterocycles.